The van der Waals surface area contributed by atoms with Crippen LogP contribution in [0.2, 0.25) is 0 Å². The molecular formula is C23H19N3O. The third-order valence-corrected chi connectivity index (χ3v) is 4.72. The van der Waals surface area contributed by atoms with Gasteiger partial charge in [-0.2, -0.15) is 0 Å². The molecule has 2 N–H and O–H groups in total. The highest BCUT2D eigenvalue weighted by atomic mass is 16.5. The highest BCUT2D eigenvalue weighted by Gasteiger charge is 2.13. The Labute approximate surface area is 158 Å². The van der Waals surface area contributed by atoms with Crippen LogP contribution in [0.1, 0.15) is 5.56 Å². The number of nitrogen functional groups attached to an aromatic ring is 1. The zero-order valence-corrected chi connectivity index (χ0v) is 15.0. The number of fused-ring (bicyclic) bond motifs is 1. The molecule has 0 radical (unpaired) electrons. The van der Waals surface area contributed by atoms with Crippen molar-refractivity contribution in [2.45, 2.75) is 6.54 Å². The van der Waals surface area contributed by atoms with Crippen molar-refractivity contribution in [1.82, 2.24) is 4.57 Å². The van der Waals surface area contributed by atoms with Crippen LogP contribution in [0.25, 0.3) is 26.9 Å². The van der Waals surface area contributed by atoms with Crippen LogP contribution in [0.4, 0.5) is 11.4 Å². The maximum atomic E-state index is 7.35. The number of rotatable bonds is 4. The molecule has 4 rings (SSSR count). The fourth-order valence-corrected chi connectivity index (χ4v) is 3.44. The average molecular weight is 353 g/mol. The van der Waals surface area contributed by atoms with E-state index in [4.69, 9.17) is 17.0 Å². The van der Waals surface area contributed by atoms with E-state index < -0.39 is 0 Å². The fourth-order valence-electron chi connectivity index (χ4n) is 3.44. The minimum Gasteiger partial charge on any atom is -0.496 e. The van der Waals surface area contributed by atoms with Crippen LogP contribution in [-0.2, 0) is 6.54 Å². The molecule has 0 unspecified atom stereocenters. The smallest absolute Gasteiger partial charge is 0.188 e. The lowest BCUT2D eigenvalue weighted by Gasteiger charge is -2.10. The van der Waals surface area contributed by atoms with Crippen LogP contribution < -0.4 is 10.5 Å². The van der Waals surface area contributed by atoms with Crippen molar-refractivity contribution in [3.63, 3.8) is 0 Å². The summed E-state index contributed by atoms with van der Waals surface area (Å²) >= 11 is 0. The summed E-state index contributed by atoms with van der Waals surface area (Å²) < 4.78 is 7.70. The number of hydrogen-bond acceptors (Lipinski definition) is 2. The van der Waals surface area contributed by atoms with Crippen molar-refractivity contribution in [3.8, 4) is 16.9 Å². The quantitative estimate of drug-likeness (QED) is 0.389. The summed E-state index contributed by atoms with van der Waals surface area (Å²) in [5.74, 6) is 0.864. The van der Waals surface area contributed by atoms with Gasteiger partial charge in [-0.25, -0.2) is 4.85 Å². The van der Waals surface area contributed by atoms with Crippen LogP contribution in [0.5, 0.6) is 5.75 Å². The van der Waals surface area contributed by atoms with Gasteiger partial charge in [0.25, 0.3) is 0 Å². The van der Waals surface area contributed by atoms with E-state index in [2.05, 4.69) is 21.7 Å². The van der Waals surface area contributed by atoms with Crippen LogP contribution in [0.3, 0.4) is 0 Å². The number of hydrogen-bond donors (Lipinski definition) is 1. The van der Waals surface area contributed by atoms with Crippen LogP contribution >= 0.6 is 0 Å². The van der Waals surface area contributed by atoms with E-state index in [1.165, 1.54) is 0 Å². The summed E-state index contributed by atoms with van der Waals surface area (Å²) in [5.41, 5.74) is 11.6. The van der Waals surface area contributed by atoms with Gasteiger partial charge in [0.2, 0.25) is 0 Å². The van der Waals surface area contributed by atoms with Gasteiger partial charge in [0, 0.05) is 28.5 Å². The predicted octanol–water partition coefficient (Wildman–Crippen LogP) is 5.50. The summed E-state index contributed by atoms with van der Waals surface area (Å²) in [6.45, 7) is 8.03. The number of nitrogens with zero attached hydrogens (tertiary/aromatic N) is 2. The zero-order valence-electron chi connectivity index (χ0n) is 15.0. The van der Waals surface area contributed by atoms with Gasteiger partial charge in [0.05, 0.1) is 20.2 Å². The van der Waals surface area contributed by atoms with Gasteiger partial charge in [-0.15, -0.1) is 0 Å². The second-order valence-electron chi connectivity index (χ2n) is 6.42. The first kappa shape index (κ1) is 16.7. The molecule has 1 aromatic heterocycles. The predicted molar refractivity (Wildman–Crippen MR) is 110 cm³/mol. The molecule has 0 bridgehead atoms. The Morgan fingerprint density at radius 1 is 1.04 bits per heavy atom. The molecule has 4 nitrogen and oxygen atoms in total. The number of anilines is 1. The first-order valence-corrected chi connectivity index (χ1v) is 8.68. The van der Waals surface area contributed by atoms with Gasteiger partial charge in [-0.3, -0.25) is 0 Å². The molecule has 0 saturated heterocycles. The molecule has 4 aromatic rings. The Bertz CT molecular complexity index is 1170. The Balaban J connectivity index is 1.90. The highest BCUT2D eigenvalue weighted by molar-refractivity contribution is 5.98. The summed E-state index contributed by atoms with van der Waals surface area (Å²) in [6.07, 6.45) is 2.12. The molecular weight excluding hydrogens is 334 g/mol. The standard InChI is InChI=1S/C23H19N3O/c1-25-19-10-11-22-20(13-19)21(16-7-5-8-18(24)12-16)15-26(22)14-17-6-3-4-9-23(17)27-2/h3-13,15H,14,24H2,2H3. The number of nitrogens with two attached hydrogens (primary N) is 1. The summed E-state index contributed by atoms with van der Waals surface area (Å²) in [4.78, 5) is 3.59. The topological polar surface area (TPSA) is 44.5 Å². The van der Waals surface area contributed by atoms with Crippen LogP contribution in [0, 0.1) is 6.57 Å². The maximum Gasteiger partial charge on any atom is 0.188 e. The molecule has 0 spiro atoms. The molecule has 27 heavy (non-hydrogen) atoms. The van der Waals surface area contributed by atoms with E-state index in [-0.39, 0.29) is 0 Å². The molecule has 0 aliphatic heterocycles. The second kappa shape index (κ2) is 6.89. The molecule has 132 valence electrons. The second-order valence-corrected chi connectivity index (χ2v) is 6.42. The minimum absolute atomic E-state index is 0.627. The molecule has 0 aliphatic rings. The van der Waals surface area contributed by atoms with Crippen LogP contribution in [-0.4, -0.2) is 11.7 Å². The highest BCUT2D eigenvalue weighted by Crippen LogP contribution is 2.35. The number of para-hydroxylation sites is 1. The first-order valence-electron chi connectivity index (χ1n) is 8.68. The lowest BCUT2D eigenvalue weighted by Crippen LogP contribution is -2.00. The number of benzene rings is 3. The monoisotopic (exact) mass is 353 g/mol. The van der Waals surface area contributed by atoms with E-state index in [0.717, 1.165) is 39.0 Å². The van der Waals surface area contributed by atoms with Gasteiger partial charge >= 0.3 is 0 Å². The summed E-state index contributed by atoms with van der Waals surface area (Å²) in [5, 5.41) is 1.05. The van der Waals surface area contributed by atoms with Gasteiger partial charge in [0.1, 0.15) is 5.75 Å². The van der Waals surface area contributed by atoms with Crippen molar-refractivity contribution >= 4 is 22.3 Å². The van der Waals surface area contributed by atoms with E-state index >= 15 is 0 Å². The van der Waals surface area contributed by atoms with E-state index in [1.807, 2.05) is 60.7 Å². The van der Waals surface area contributed by atoms with Crippen molar-refractivity contribution in [2.75, 3.05) is 12.8 Å². The number of aromatic nitrogens is 1. The Hall–Kier alpha value is -3.71. The summed E-state index contributed by atoms with van der Waals surface area (Å²) in [7, 11) is 1.69. The van der Waals surface area contributed by atoms with E-state index in [9.17, 15) is 0 Å². The zero-order chi connectivity index (χ0) is 18.8. The molecule has 0 saturated carbocycles. The van der Waals surface area contributed by atoms with Crippen molar-refractivity contribution < 1.29 is 4.74 Å². The maximum absolute atomic E-state index is 7.35. The number of ether oxygens (including phenoxy) is 1. The third-order valence-electron chi connectivity index (χ3n) is 4.72. The van der Waals surface area contributed by atoms with Gasteiger partial charge < -0.3 is 15.0 Å². The lowest BCUT2D eigenvalue weighted by molar-refractivity contribution is 0.408. The SMILES string of the molecule is [C-]#[N+]c1ccc2c(c1)c(-c1cccc(N)c1)cn2Cc1ccccc1OC. The van der Waals surface area contributed by atoms with Gasteiger partial charge in [-0.1, -0.05) is 36.4 Å². The van der Waals surface area contributed by atoms with Crippen molar-refractivity contribution in [3.05, 3.63) is 89.9 Å². The largest absolute Gasteiger partial charge is 0.496 e. The Morgan fingerprint density at radius 3 is 2.67 bits per heavy atom. The van der Waals surface area contributed by atoms with E-state index in [1.54, 1.807) is 7.11 Å². The lowest BCUT2D eigenvalue weighted by atomic mass is 10.0. The summed E-state index contributed by atoms with van der Waals surface area (Å²) in [6, 6.07) is 21.7. The van der Waals surface area contributed by atoms with Gasteiger partial charge in [-0.05, 0) is 41.3 Å². The molecule has 3 aromatic carbocycles. The van der Waals surface area contributed by atoms with Crippen molar-refractivity contribution in [1.29, 1.82) is 0 Å². The molecule has 0 amide bonds. The minimum atomic E-state index is 0.627. The normalized spacial score (nSPS) is 10.7. The van der Waals surface area contributed by atoms with E-state index in [0.29, 0.717) is 12.2 Å². The van der Waals surface area contributed by atoms with Crippen molar-refractivity contribution in [2.24, 2.45) is 0 Å². The van der Waals surface area contributed by atoms with Gasteiger partial charge in [0.15, 0.2) is 5.69 Å². The molecule has 0 aliphatic carbocycles. The third kappa shape index (κ3) is 3.11. The number of methoxy groups -OCH3 is 1. The first-order chi connectivity index (χ1) is 13.2. The Kier molecular flexibility index (Phi) is 4.27. The Morgan fingerprint density at radius 2 is 1.89 bits per heavy atom. The fraction of sp³-hybridized carbons (Fsp3) is 0.0870. The molecule has 1 heterocycles. The molecule has 0 fully saturated rings. The van der Waals surface area contributed by atoms with Crippen LogP contribution in [0.15, 0.2) is 72.9 Å². The average Bonchev–Trinajstić information content (AvgIpc) is 3.06. The molecule has 0 atom stereocenters. The molecule has 4 heteroatoms.